The molecule has 1 atom stereocenters. The number of rotatable bonds is 7. The van der Waals surface area contributed by atoms with Crippen LogP contribution in [0, 0.1) is 13.8 Å². The lowest BCUT2D eigenvalue weighted by atomic mass is 9.90. The van der Waals surface area contributed by atoms with Crippen molar-refractivity contribution in [3.8, 4) is 0 Å². The molecule has 1 N–H and O–H groups in total. The van der Waals surface area contributed by atoms with Crippen molar-refractivity contribution in [3.05, 3.63) is 82.1 Å². The molecule has 2 aromatic rings. The lowest BCUT2D eigenvalue weighted by Gasteiger charge is -2.39. The Bertz CT molecular complexity index is 1090. The number of ether oxygens (including phenoxy) is 1. The van der Waals surface area contributed by atoms with Gasteiger partial charge in [0.15, 0.2) is 0 Å². The molecule has 186 valence electrons. The van der Waals surface area contributed by atoms with Crippen LogP contribution in [0.1, 0.15) is 35.2 Å². The van der Waals surface area contributed by atoms with Crippen molar-refractivity contribution in [1.82, 2.24) is 20.0 Å². The normalized spacial score (nSPS) is 19.6. The maximum atomic E-state index is 13.3. The van der Waals surface area contributed by atoms with E-state index >= 15 is 0 Å². The number of piperazine rings is 1. The Kier molecular flexibility index (Phi) is 7.88. The minimum atomic E-state index is -0.535. The molecular weight excluding hydrogens is 440 g/mol. The summed E-state index contributed by atoms with van der Waals surface area (Å²) in [5.74, 6) is -0.372. The molecule has 2 aromatic carbocycles. The molecule has 0 spiro atoms. The van der Waals surface area contributed by atoms with Crippen LogP contribution in [0.25, 0.3) is 0 Å². The number of hydrogen-bond acceptors (Lipinski definition) is 5. The summed E-state index contributed by atoms with van der Waals surface area (Å²) in [7, 11) is 1.73. The maximum absolute atomic E-state index is 13.3. The number of esters is 1. The van der Waals surface area contributed by atoms with Crippen LogP contribution < -0.4 is 5.32 Å². The van der Waals surface area contributed by atoms with E-state index in [9.17, 15) is 9.59 Å². The minimum absolute atomic E-state index is 0.207. The third-order valence-electron chi connectivity index (χ3n) is 6.91. The van der Waals surface area contributed by atoms with Gasteiger partial charge in [-0.25, -0.2) is 9.59 Å². The van der Waals surface area contributed by atoms with E-state index in [1.165, 1.54) is 5.56 Å². The van der Waals surface area contributed by atoms with Gasteiger partial charge in [-0.15, -0.1) is 0 Å². The molecule has 7 nitrogen and oxygen atoms in total. The fraction of sp³-hybridized carbons (Fsp3) is 0.429. The number of carbonyl (C=O) groups is 2. The van der Waals surface area contributed by atoms with Gasteiger partial charge < -0.3 is 10.1 Å². The summed E-state index contributed by atoms with van der Waals surface area (Å²) in [6.07, 6.45) is 0. The second kappa shape index (κ2) is 11.1. The number of carbonyl (C=O) groups excluding carboxylic acids is 2. The highest BCUT2D eigenvalue weighted by molar-refractivity contribution is 5.95. The largest absolute Gasteiger partial charge is 0.463 e. The molecule has 2 aliphatic rings. The summed E-state index contributed by atoms with van der Waals surface area (Å²) in [6, 6.07) is 15.9. The van der Waals surface area contributed by atoms with Gasteiger partial charge in [-0.3, -0.25) is 14.7 Å². The highest BCUT2D eigenvalue weighted by Gasteiger charge is 2.38. The van der Waals surface area contributed by atoms with E-state index < -0.39 is 6.04 Å². The van der Waals surface area contributed by atoms with E-state index in [-0.39, 0.29) is 18.6 Å². The first-order valence-electron chi connectivity index (χ1n) is 12.4. The Hall–Kier alpha value is -3.16. The van der Waals surface area contributed by atoms with Crippen LogP contribution in [0.4, 0.5) is 4.79 Å². The Balaban J connectivity index is 1.58. The maximum Gasteiger partial charge on any atom is 0.338 e. The summed E-state index contributed by atoms with van der Waals surface area (Å²) < 4.78 is 5.49. The van der Waals surface area contributed by atoms with Gasteiger partial charge >= 0.3 is 12.0 Å². The number of aryl methyl sites for hydroxylation is 2. The summed E-state index contributed by atoms with van der Waals surface area (Å²) in [4.78, 5) is 32.6. The molecule has 2 amide bonds. The fourth-order valence-corrected chi connectivity index (χ4v) is 4.86. The molecule has 0 unspecified atom stereocenters. The highest BCUT2D eigenvalue weighted by atomic mass is 16.5. The highest BCUT2D eigenvalue weighted by Crippen LogP contribution is 2.33. The van der Waals surface area contributed by atoms with E-state index in [0.29, 0.717) is 12.1 Å². The SMILES string of the molecule is CCOC(=O)C1=C(CN2CCN(Cc3ccccc3)CC2)N(C)C(=O)N[C@@H]1c1cc(C)ccc1C. The summed E-state index contributed by atoms with van der Waals surface area (Å²) >= 11 is 0. The number of amides is 2. The van der Waals surface area contributed by atoms with Gasteiger partial charge in [-0.05, 0) is 37.5 Å². The molecule has 1 saturated heterocycles. The van der Waals surface area contributed by atoms with E-state index in [0.717, 1.165) is 55.1 Å². The lowest BCUT2D eigenvalue weighted by molar-refractivity contribution is -0.139. The first-order valence-corrected chi connectivity index (χ1v) is 12.4. The van der Waals surface area contributed by atoms with Gasteiger partial charge in [-0.1, -0.05) is 54.1 Å². The van der Waals surface area contributed by atoms with Crippen LogP contribution in [0.15, 0.2) is 59.8 Å². The Morgan fingerprint density at radius 3 is 2.31 bits per heavy atom. The van der Waals surface area contributed by atoms with E-state index in [2.05, 4.69) is 39.4 Å². The Morgan fingerprint density at radius 2 is 1.66 bits per heavy atom. The van der Waals surface area contributed by atoms with Crippen molar-refractivity contribution in [2.75, 3.05) is 46.4 Å². The lowest BCUT2D eigenvalue weighted by Crippen LogP contribution is -2.52. The van der Waals surface area contributed by atoms with Crippen molar-refractivity contribution in [1.29, 1.82) is 0 Å². The Labute approximate surface area is 208 Å². The molecule has 7 heteroatoms. The standard InChI is InChI=1S/C28H36N4O3/c1-5-35-27(33)25-24(19-32-15-13-31(14-16-32)18-22-9-7-6-8-10-22)30(4)28(34)29-26(25)23-17-20(2)11-12-21(23)3/h6-12,17,26H,5,13-16,18-19H2,1-4H3,(H,29,34)/t26-/m1/s1. The zero-order valence-corrected chi connectivity index (χ0v) is 21.2. The smallest absolute Gasteiger partial charge is 0.338 e. The van der Waals surface area contributed by atoms with Crippen LogP contribution in [-0.4, -0.2) is 73.1 Å². The zero-order valence-electron chi connectivity index (χ0n) is 21.2. The molecule has 0 aromatic heterocycles. The van der Waals surface area contributed by atoms with Crippen molar-refractivity contribution in [2.24, 2.45) is 0 Å². The fourth-order valence-electron chi connectivity index (χ4n) is 4.86. The van der Waals surface area contributed by atoms with Crippen LogP contribution >= 0.6 is 0 Å². The van der Waals surface area contributed by atoms with Crippen LogP contribution in [0.5, 0.6) is 0 Å². The zero-order chi connectivity index (χ0) is 24.9. The topological polar surface area (TPSA) is 65.1 Å². The average molecular weight is 477 g/mol. The van der Waals surface area contributed by atoms with E-state index in [1.54, 1.807) is 11.9 Å². The van der Waals surface area contributed by atoms with Gasteiger partial charge in [-0.2, -0.15) is 0 Å². The summed E-state index contributed by atoms with van der Waals surface area (Å²) in [5, 5.41) is 3.04. The van der Waals surface area contributed by atoms with Gasteiger partial charge in [0.1, 0.15) is 0 Å². The second-order valence-corrected chi connectivity index (χ2v) is 9.42. The van der Waals surface area contributed by atoms with Crippen molar-refractivity contribution < 1.29 is 14.3 Å². The van der Waals surface area contributed by atoms with Crippen molar-refractivity contribution in [3.63, 3.8) is 0 Å². The molecule has 1 fully saturated rings. The predicted molar refractivity (Wildman–Crippen MR) is 137 cm³/mol. The van der Waals surface area contributed by atoms with Gasteiger partial charge in [0.05, 0.1) is 18.2 Å². The molecule has 0 radical (unpaired) electrons. The van der Waals surface area contributed by atoms with Gasteiger partial charge in [0.2, 0.25) is 0 Å². The number of nitrogens with one attached hydrogen (secondary N) is 1. The van der Waals surface area contributed by atoms with E-state index in [4.69, 9.17) is 4.74 Å². The molecule has 4 rings (SSSR count). The van der Waals surface area contributed by atoms with E-state index in [1.807, 2.05) is 45.0 Å². The third-order valence-corrected chi connectivity index (χ3v) is 6.91. The third kappa shape index (κ3) is 5.74. The van der Waals surface area contributed by atoms with Crippen LogP contribution in [0.3, 0.4) is 0 Å². The van der Waals surface area contributed by atoms with Crippen LogP contribution in [-0.2, 0) is 16.1 Å². The first kappa shape index (κ1) is 24.9. The molecule has 2 aliphatic heterocycles. The second-order valence-electron chi connectivity index (χ2n) is 9.42. The molecule has 0 bridgehead atoms. The monoisotopic (exact) mass is 476 g/mol. The van der Waals surface area contributed by atoms with Gasteiger partial charge in [0, 0.05) is 52.0 Å². The molecule has 2 heterocycles. The molecular formula is C28H36N4O3. The van der Waals surface area contributed by atoms with Crippen molar-refractivity contribution in [2.45, 2.75) is 33.4 Å². The summed E-state index contributed by atoms with van der Waals surface area (Å²) in [6.45, 7) is 11.2. The number of hydrogen-bond donors (Lipinski definition) is 1. The quantitative estimate of drug-likeness (QED) is 0.619. The average Bonchev–Trinajstić information content (AvgIpc) is 2.85. The molecule has 35 heavy (non-hydrogen) atoms. The first-order chi connectivity index (χ1) is 16.9. The number of nitrogens with zero attached hydrogens (tertiary/aromatic N) is 3. The predicted octanol–water partition coefficient (Wildman–Crippen LogP) is 3.63. The number of likely N-dealkylation sites (N-methyl/N-ethyl adjacent to an activating group) is 1. The van der Waals surface area contributed by atoms with Gasteiger partial charge in [0.25, 0.3) is 0 Å². The van der Waals surface area contributed by atoms with Crippen LogP contribution in [0.2, 0.25) is 0 Å². The Morgan fingerprint density at radius 1 is 1.00 bits per heavy atom. The molecule has 0 aliphatic carbocycles. The molecule has 0 saturated carbocycles. The summed E-state index contributed by atoms with van der Waals surface area (Å²) in [5.41, 5.74) is 5.59. The van der Waals surface area contributed by atoms with Crippen molar-refractivity contribution >= 4 is 12.0 Å². The number of benzene rings is 2. The minimum Gasteiger partial charge on any atom is -0.463 e. The number of urea groups is 1.